The van der Waals surface area contributed by atoms with Crippen LogP contribution in [0.15, 0.2) is 48.7 Å². The number of carbonyl (C=O) groups is 1. The Labute approximate surface area is 228 Å². The van der Waals surface area contributed by atoms with Gasteiger partial charge in [-0.2, -0.15) is 0 Å². The lowest BCUT2D eigenvalue weighted by molar-refractivity contribution is -0.127. The van der Waals surface area contributed by atoms with Gasteiger partial charge in [-0.3, -0.25) is 9.69 Å². The molecule has 2 aliphatic heterocycles. The highest BCUT2D eigenvalue weighted by Crippen LogP contribution is 2.32. The van der Waals surface area contributed by atoms with Crippen LogP contribution in [-0.4, -0.2) is 57.8 Å². The number of ether oxygens (including phenoxy) is 1. The number of benzene rings is 2. The molecule has 0 aliphatic carbocycles. The van der Waals surface area contributed by atoms with Gasteiger partial charge >= 0.3 is 0 Å². The van der Waals surface area contributed by atoms with Crippen molar-refractivity contribution in [1.29, 1.82) is 0 Å². The number of nitrogens with zero attached hydrogens (tertiary/aromatic N) is 3. The minimum atomic E-state index is -0.440. The van der Waals surface area contributed by atoms with E-state index in [2.05, 4.69) is 32.7 Å². The van der Waals surface area contributed by atoms with E-state index in [0.717, 1.165) is 48.3 Å². The molecule has 0 radical (unpaired) electrons. The quantitative estimate of drug-likeness (QED) is 0.396. The summed E-state index contributed by atoms with van der Waals surface area (Å²) in [7, 11) is 0. The first kappa shape index (κ1) is 26.6. The maximum atomic E-state index is 13.1. The molecule has 1 amide bonds. The van der Waals surface area contributed by atoms with Crippen LogP contribution in [0.3, 0.4) is 0 Å². The van der Waals surface area contributed by atoms with Gasteiger partial charge in [-0.15, -0.1) is 0 Å². The molecule has 200 valence electrons. The number of anilines is 1. The molecule has 2 aromatic carbocycles. The summed E-state index contributed by atoms with van der Waals surface area (Å²) in [6.45, 7) is 6.54. The van der Waals surface area contributed by atoms with Crippen LogP contribution in [0.1, 0.15) is 48.1 Å². The molecule has 2 atom stereocenters. The summed E-state index contributed by atoms with van der Waals surface area (Å²) >= 11 is 6.51. The highest BCUT2D eigenvalue weighted by molar-refractivity contribution is 6.32. The Bertz CT molecular complexity index is 1300. The van der Waals surface area contributed by atoms with Crippen molar-refractivity contribution in [3.05, 3.63) is 75.9 Å². The largest absolute Gasteiger partial charge is 0.394 e. The number of carbonyl (C=O) groups excluding carboxylic acids is 1. The molecule has 3 aromatic rings. The molecule has 1 fully saturated rings. The first-order chi connectivity index (χ1) is 18.4. The third-order valence-corrected chi connectivity index (χ3v) is 7.67. The molecule has 0 unspecified atom stereocenters. The van der Waals surface area contributed by atoms with Gasteiger partial charge in [-0.25, -0.2) is 9.97 Å². The van der Waals surface area contributed by atoms with Crippen molar-refractivity contribution in [2.75, 3.05) is 25.1 Å². The number of hydrogen-bond donors (Lipinski definition) is 3. The molecule has 5 rings (SSSR count). The molecule has 8 nitrogen and oxygen atoms in total. The van der Waals surface area contributed by atoms with Gasteiger partial charge in [-0.05, 0) is 49.4 Å². The van der Waals surface area contributed by atoms with Crippen LogP contribution in [0.5, 0.6) is 0 Å². The second-order valence-electron chi connectivity index (χ2n) is 10.1. The maximum Gasteiger partial charge on any atom is 0.237 e. The minimum absolute atomic E-state index is 0.110. The smallest absolute Gasteiger partial charge is 0.237 e. The average Bonchev–Trinajstić information content (AvgIpc) is 3.36. The summed E-state index contributed by atoms with van der Waals surface area (Å²) in [6, 6.07) is 13.6. The SMILES string of the molecule is Cc1cccc([C@@H](CO)NC(=O)[C@@H](C)N2Cc3ccc(-c4nc(NC5CCOCC5)ncc4Cl)cc3C2)c1. The van der Waals surface area contributed by atoms with Crippen molar-refractivity contribution in [3.63, 3.8) is 0 Å². The molecule has 3 N–H and O–H groups in total. The summed E-state index contributed by atoms with van der Waals surface area (Å²) in [5.74, 6) is 0.456. The van der Waals surface area contributed by atoms with Gasteiger partial charge in [0.1, 0.15) is 0 Å². The monoisotopic (exact) mass is 535 g/mol. The molecule has 1 saturated heterocycles. The number of aryl methyl sites for hydroxylation is 1. The fourth-order valence-corrected chi connectivity index (χ4v) is 5.29. The van der Waals surface area contributed by atoms with E-state index >= 15 is 0 Å². The Hall–Kier alpha value is -3.04. The van der Waals surface area contributed by atoms with Gasteiger partial charge in [0.25, 0.3) is 0 Å². The molecule has 0 saturated carbocycles. The molecule has 3 heterocycles. The number of halogens is 1. The molecule has 0 spiro atoms. The summed E-state index contributed by atoms with van der Waals surface area (Å²) in [5.41, 5.74) is 5.92. The van der Waals surface area contributed by atoms with Crippen LogP contribution in [0.25, 0.3) is 11.3 Å². The van der Waals surface area contributed by atoms with Crippen LogP contribution in [-0.2, 0) is 22.6 Å². The number of amides is 1. The van der Waals surface area contributed by atoms with Crippen LogP contribution >= 0.6 is 11.6 Å². The lowest BCUT2D eigenvalue weighted by Gasteiger charge is -2.26. The number of fused-ring (bicyclic) bond motifs is 1. The summed E-state index contributed by atoms with van der Waals surface area (Å²) < 4.78 is 5.44. The van der Waals surface area contributed by atoms with Crippen molar-refractivity contribution in [3.8, 4) is 11.3 Å². The van der Waals surface area contributed by atoms with E-state index < -0.39 is 6.04 Å². The van der Waals surface area contributed by atoms with E-state index in [0.29, 0.717) is 29.8 Å². The normalized spacial score (nSPS) is 17.6. The van der Waals surface area contributed by atoms with E-state index in [1.807, 2.05) is 44.2 Å². The van der Waals surface area contributed by atoms with Crippen LogP contribution in [0, 0.1) is 6.92 Å². The van der Waals surface area contributed by atoms with E-state index in [1.165, 1.54) is 5.56 Å². The lowest BCUT2D eigenvalue weighted by Crippen LogP contribution is -2.44. The molecular formula is C29H34ClN5O3. The first-order valence-electron chi connectivity index (χ1n) is 13.1. The molecule has 38 heavy (non-hydrogen) atoms. The van der Waals surface area contributed by atoms with Gasteiger partial charge in [0.15, 0.2) is 0 Å². The number of aromatic nitrogens is 2. The Balaban J connectivity index is 1.27. The predicted molar refractivity (Wildman–Crippen MR) is 148 cm³/mol. The zero-order chi connectivity index (χ0) is 26.6. The van der Waals surface area contributed by atoms with Gasteiger partial charge in [0.05, 0.1) is 35.6 Å². The predicted octanol–water partition coefficient (Wildman–Crippen LogP) is 4.25. The topological polar surface area (TPSA) is 99.6 Å². The number of aliphatic hydroxyl groups is 1. The van der Waals surface area contributed by atoms with E-state index in [9.17, 15) is 9.90 Å². The van der Waals surface area contributed by atoms with Gasteiger partial charge in [0.2, 0.25) is 11.9 Å². The van der Waals surface area contributed by atoms with Crippen molar-refractivity contribution in [2.45, 2.75) is 57.9 Å². The second kappa shape index (κ2) is 11.8. The molecule has 1 aromatic heterocycles. The molecule has 0 bridgehead atoms. The highest BCUT2D eigenvalue weighted by atomic mass is 35.5. The van der Waals surface area contributed by atoms with Gasteiger partial charge < -0.3 is 20.5 Å². The van der Waals surface area contributed by atoms with Gasteiger partial charge in [-0.1, -0.05) is 53.6 Å². The van der Waals surface area contributed by atoms with Crippen LogP contribution < -0.4 is 10.6 Å². The average molecular weight is 536 g/mol. The highest BCUT2D eigenvalue weighted by Gasteiger charge is 2.29. The lowest BCUT2D eigenvalue weighted by atomic mass is 10.0. The van der Waals surface area contributed by atoms with Crippen molar-refractivity contribution < 1.29 is 14.6 Å². The van der Waals surface area contributed by atoms with Gasteiger partial charge in [0, 0.05) is 37.9 Å². The Morgan fingerprint density at radius 1 is 1.18 bits per heavy atom. The number of rotatable bonds is 8. The summed E-state index contributed by atoms with van der Waals surface area (Å²) in [6.07, 6.45) is 3.49. The molecular weight excluding hydrogens is 502 g/mol. The first-order valence-corrected chi connectivity index (χ1v) is 13.5. The zero-order valence-corrected chi connectivity index (χ0v) is 22.5. The van der Waals surface area contributed by atoms with Crippen LogP contribution in [0.4, 0.5) is 5.95 Å². The van der Waals surface area contributed by atoms with E-state index in [1.54, 1.807) is 6.20 Å². The van der Waals surface area contributed by atoms with Crippen molar-refractivity contribution in [2.24, 2.45) is 0 Å². The number of nitrogens with one attached hydrogen (secondary N) is 2. The third-order valence-electron chi connectivity index (χ3n) is 7.40. The Kier molecular flexibility index (Phi) is 8.24. The fourth-order valence-electron chi connectivity index (χ4n) is 5.09. The molecule has 9 heteroatoms. The Morgan fingerprint density at radius 2 is 1.97 bits per heavy atom. The van der Waals surface area contributed by atoms with Crippen molar-refractivity contribution in [1.82, 2.24) is 20.2 Å². The van der Waals surface area contributed by atoms with Crippen LogP contribution in [0.2, 0.25) is 5.02 Å². The maximum absolute atomic E-state index is 13.1. The molecule has 2 aliphatic rings. The number of aliphatic hydroxyl groups excluding tert-OH is 1. The standard InChI is InChI=1S/C29H34ClN5O3/c1-18-4-3-5-20(12-18)26(17-36)33-28(37)19(2)35-15-22-7-6-21(13-23(22)16-35)27-25(30)14-31-29(34-27)32-24-8-10-38-11-9-24/h3-7,12-14,19,24,26,36H,8-11,15-17H2,1-2H3,(H,33,37)(H,31,32,34)/t19-,26-/m1/s1. The second-order valence-corrected chi connectivity index (χ2v) is 10.6. The fraction of sp³-hybridized carbons (Fsp3) is 0.414. The van der Waals surface area contributed by atoms with E-state index in [-0.39, 0.29) is 24.6 Å². The Morgan fingerprint density at radius 3 is 2.74 bits per heavy atom. The van der Waals surface area contributed by atoms with Crippen molar-refractivity contribution >= 4 is 23.5 Å². The zero-order valence-electron chi connectivity index (χ0n) is 21.8. The summed E-state index contributed by atoms with van der Waals surface area (Å²) in [5, 5.41) is 16.8. The minimum Gasteiger partial charge on any atom is -0.394 e. The third kappa shape index (κ3) is 5.99. The number of hydrogen-bond acceptors (Lipinski definition) is 7. The van der Waals surface area contributed by atoms with E-state index in [4.69, 9.17) is 21.3 Å². The summed E-state index contributed by atoms with van der Waals surface area (Å²) in [4.78, 5) is 24.4.